The Morgan fingerprint density at radius 2 is 1.75 bits per heavy atom. The molecule has 5 unspecified atom stereocenters. The van der Waals surface area contributed by atoms with Crippen LogP contribution >= 0.6 is 23.2 Å². The molecule has 5 atom stereocenters. The summed E-state index contributed by atoms with van der Waals surface area (Å²) in [5.74, 6) is -1.81. The van der Waals surface area contributed by atoms with Gasteiger partial charge in [-0.15, -0.1) is 0 Å². The predicted octanol–water partition coefficient (Wildman–Crippen LogP) is 6.13. The van der Waals surface area contributed by atoms with E-state index in [9.17, 15) is 23.1 Å². The highest BCUT2D eigenvalue weighted by molar-refractivity contribution is 7.92. The van der Waals surface area contributed by atoms with Crippen molar-refractivity contribution in [1.29, 1.82) is 0 Å². The Kier molecular flexibility index (Phi) is 8.79. The van der Waals surface area contributed by atoms with Gasteiger partial charge in [-0.3, -0.25) is 9.59 Å². The van der Waals surface area contributed by atoms with E-state index < -0.39 is 38.6 Å². The molecule has 1 saturated heterocycles. The number of benzene rings is 2. The number of hydrogen-bond donors (Lipinski definition) is 1. The van der Waals surface area contributed by atoms with Crippen LogP contribution in [0.25, 0.3) is 0 Å². The molecule has 1 aliphatic heterocycles. The quantitative estimate of drug-likeness (QED) is 0.403. The Morgan fingerprint density at radius 1 is 1.11 bits per heavy atom. The normalized spacial score (nSPS) is 24.4. The van der Waals surface area contributed by atoms with E-state index in [2.05, 4.69) is 0 Å². The smallest absolute Gasteiger partial charge is 0.304 e. The summed E-state index contributed by atoms with van der Waals surface area (Å²) >= 11 is 12.5. The Hall–Kier alpha value is -2.09. The molecule has 1 N–H and O–H groups in total. The Balaban J connectivity index is 2.30. The van der Waals surface area contributed by atoms with Gasteiger partial charge < -0.3 is 10.0 Å². The number of aliphatic carboxylic acids is 1. The van der Waals surface area contributed by atoms with Gasteiger partial charge in [0.15, 0.2) is 9.84 Å². The summed E-state index contributed by atoms with van der Waals surface area (Å²) in [7, 11) is -3.50. The second-order valence-electron chi connectivity index (χ2n) is 9.84. The van der Waals surface area contributed by atoms with E-state index in [1.165, 1.54) is 0 Å². The molecule has 6 nitrogen and oxygen atoms in total. The molecular formula is C27H33Cl2NO5S. The summed E-state index contributed by atoms with van der Waals surface area (Å²) in [5, 5.41) is 9.95. The van der Waals surface area contributed by atoms with E-state index in [-0.39, 0.29) is 30.4 Å². The largest absolute Gasteiger partial charge is 0.481 e. The molecule has 0 radical (unpaired) electrons. The molecule has 0 aromatic heterocycles. The number of carboxylic acids is 1. The molecule has 196 valence electrons. The molecule has 0 spiro atoms. The third-order valence-corrected chi connectivity index (χ3v) is 10.2. The SMILES string of the molecule is CCC(C(C)S(=O)(=O)CC)N1C(=O)C(C)(CC(=O)O)CC(c2cccc(Cl)c2)C1c1ccc(Cl)cc1. The highest BCUT2D eigenvalue weighted by Crippen LogP contribution is 2.52. The monoisotopic (exact) mass is 553 g/mol. The fraction of sp³-hybridized carbons (Fsp3) is 0.481. The molecule has 3 rings (SSSR count). The van der Waals surface area contributed by atoms with Crippen molar-refractivity contribution in [2.75, 3.05) is 5.75 Å². The molecule has 36 heavy (non-hydrogen) atoms. The van der Waals surface area contributed by atoms with Gasteiger partial charge in [0.1, 0.15) is 0 Å². The maximum Gasteiger partial charge on any atom is 0.304 e. The number of nitrogens with zero attached hydrogens (tertiary/aromatic N) is 1. The molecule has 1 fully saturated rings. The van der Waals surface area contributed by atoms with Crippen molar-refractivity contribution in [1.82, 2.24) is 4.90 Å². The number of amides is 1. The van der Waals surface area contributed by atoms with Crippen molar-refractivity contribution >= 4 is 44.9 Å². The van der Waals surface area contributed by atoms with Crippen molar-refractivity contribution in [3.8, 4) is 0 Å². The fourth-order valence-corrected chi connectivity index (χ4v) is 7.15. The highest BCUT2D eigenvalue weighted by atomic mass is 35.5. The molecule has 0 saturated carbocycles. The van der Waals surface area contributed by atoms with Gasteiger partial charge in [-0.25, -0.2) is 8.42 Å². The third-order valence-electron chi connectivity index (χ3n) is 7.42. The van der Waals surface area contributed by atoms with Crippen molar-refractivity contribution in [2.45, 2.75) is 70.2 Å². The Morgan fingerprint density at radius 3 is 2.28 bits per heavy atom. The van der Waals surface area contributed by atoms with E-state index in [1.54, 1.807) is 43.9 Å². The number of carbonyl (C=O) groups excluding carboxylic acids is 1. The van der Waals surface area contributed by atoms with Gasteiger partial charge >= 0.3 is 5.97 Å². The standard InChI is InChI=1S/C27H33Cl2NO5S/c1-5-23(17(3)36(34,35)6-2)30-25(18-10-12-20(28)13-11-18)22(19-8-7-9-21(29)14-19)15-27(4,26(30)33)16-24(31)32/h7-14,17,22-23,25H,5-6,15-16H2,1-4H3,(H,31,32). The molecule has 2 aromatic carbocycles. The predicted molar refractivity (Wildman–Crippen MR) is 143 cm³/mol. The average Bonchev–Trinajstić information content (AvgIpc) is 2.82. The first-order chi connectivity index (χ1) is 16.8. The topological polar surface area (TPSA) is 91.8 Å². The second kappa shape index (κ2) is 11.1. The van der Waals surface area contributed by atoms with Crippen LogP contribution in [0.5, 0.6) is 0 Å². The van der Waals surface area contributed by atoms with Gasteiger partial charge in [0, 0.05) is 27.8 Å². The number of halogens is 2. The fourth-order valence-electron chi connectivity index (χ4n) is 5.50. The van der Waals surface area contributed by atoms with Crippen LogP contribution in [0.15, 0.2) is 48.5 Å². The lowest BCUT2D eigenvalue weighted by molar-refractivity contribution is -0.160. The highest BCUT2D eigenvalue weighted by Gasteiger charge is 2.53. The number of piperidine rings is 1. The zero-order chi connectivity index (χ0) is 26.8. The number of sulfone groups is 1. The molecule has 2 aromatic rings. The lowest BCUT2D eigenvalue weighted by Crippen LogP contribution is -2.59. The molecule has 0 bridgehead atoms. The number of carboxylic acid groups (broad SMARTS) is 1. The molecular weight excluding hydrogens is 521 g/mol. The summed E-state index contributed by atoms with van der Waals surface area (Å²) < 4.78 is 26.0. The lowest BCUT2D eigenvalue weighted by Gasteiger charge is -2.52. The zero-order valence-corrected chi connectivity index (χ0v) is 23.3. The van der Waals surface area contributed by atoms with E-state index in [0.29, 0.717) is 16.5 Å². The number of hydrogen-bond acceptors (Lipinski definition) is 4. The van der Waals surface area contributed by atoms with Gasteiger partial charge in [0.2, 0.25) is 5.91 Å². The number of carbonyl (C=O) groups is 2. The summed E-state index contributed by atoms with van der Waals surface area (Å²) in [4.78, 5) is 27.8. The van der Waals surface area contributed by atoms with E-state index in [4.69, 9.17) is 23.2 Å². The maximum absolute atomic E-state index is 14.2. The van der Waals surface area contributed by atoms with Gasteiger partial charge in [-0.1, -0.05) is 68.2 Å². The van der Waals surface area contributed by atoms with E-state index in [0.717, 1.165) is 11.1 Å². The van der Waals surface area contributed by atoms with Crippen LogP contribution in [-0.2, 0) is 19.4 Å². The van der Waals surface area contributed by atoms with Crippen LogP contribution in [0.1, 0.15) is 70.0 Å². The first kappa shape index (κ1) is 28.5. The molecule has 0 aliphatic carbocycles. The van der Waals surface area contributed by atoms with Crippen molar-refractivity contribution < 1.29 is 23.1 Å². The Bertz CT molecular complexity index is 1220. The maximum atomic E-state index is 14.2. The lowest BCUT2D eigenvalue weighted by atomic mass is 9.67. The molecule has 1 aliphatic rings. The van der Waals surface area contributed by atoms with Gasteiger partial charge in [0.05, 0.1) is 23.1 Å². The van der Waals surface area contributed by atoms with Crippen molar-refractivity contribution in [2.24, 2.45) is 5.41 Å². The first-order valence-electron chi connectivity index (χ1n) is 12.1. The third kappa shape index (κ3) is 5.74. The minimum atomic E-state index is -3.50. The zero-order valence-electron chi connectivity index (χ0n) is 20.9. The van der Waals surface area contributed by atoms with Crippen LogP contribution < -0.4 is 0 Å². The average molecular weight is 555 g/mol. The summed E-state index contributed by atoms with van der Waals surface area (Å²) in [6, 6.07) is 13.3. The van der Waals surface area contributed by atoms with E-state index >= 15 is 0 Å². The summed E-state index contributed by atoms with van der Waals surface area (Å²) in [6.45, 7) is 6.75. The van der Waals surface area contributed by atoms with Crippen molar-refractivity contribution in [3.05, 3.63) is 69.7 Å². The minimum absolute atomic E-state index is 0.0532. The second-order valence-corrected chi connectivity index (χ2v) is 13.4. The van der Waals surface area contributed by atoms with Crippen LogP contribution in [0.3, 0.4) is 0 Å². The molecule has 1 heterocycles. The van der Waals surface area contributed by atoms with Crippen LogP contribution in [-0.4, -0.2) is 47.3 Å². The van der Waals surface area contributed by atoms with E-state index in [1.807, 2.05) is 37.3 Å². The van der Waals surface area contributed by atoms with Gasteiger partial charge in [0.25, 0.3) is 0 Å². The summed E-state index contributed by atoms with van der Waals surface area (Å²) in [6.07, 6.45) is 0.299. The number of likely N-dealkylation sites (tertiary alicyclic amines) is 1. The molecule has 9 heteroatoms. The van der Waals surface area contributed by atoms with Crippen LogP contribution in [0.4, 0.5) is 0 Å². The van der Waals surface area contributed by atoms with Gasteiger partial charge in [-0.2, -0.15) is 0 Å². The van der Waals surface area contributed by atoms with Crippen LogP contribution in [0.2, 0.25) is 10.0 Å². The van der Waals surface area contributed by atoms with Crippen molar-refractivity contribution in [3.63, 3.8) is 0 Å². The Labute approximate surface area is 223 Å². The number of rotatable bonds is 9. The first-order valence-corrected chi connectivity index (χ1v) is 14.6. The van der Waals surface area contributed by atoms with Gasteiger partial charge in [-0.05, 0) is 55.2 Å². The minimum Gasteiger partial charge on any atom is -0.481 e. The molecule has 1 amide bonds. The van der Waals surface area contributed by atoms with Crippen LogP contribution in [0, 0.1) is 5.41 Å². The summed E-state index contributed by atoms with van der Waals surface area (Å²) in [5.41, 5.74) is 0.428.